The minimum Gasteiger partial charge on any atom is -0.507 e. The van der Waals surface area contributed by atoms with Gasteiger partial charge in [0.25, 0.3) is 11.7 Å². The van der Waals surface area contributed by atoms with Crippen LogP contribution in [0.4, 0.5) is 4.39 Å². The van der Waals surface area contributed by atoms with E-state index in [2.05, 4.69) is 4.98 Å². The molecule has 1 aliphatic heterocycles. The van der Waals surface area contributed by atoms with Gasteiger partial charge in [-0.3, -0.25) is 9.59 Å². The van der Waals surface area contributed by atoms with Crippen LogP contribution in [0.25, 0.3) is 5.76 Å². The first-order chi connectivity index (χ1) is 15.0. The summed E-state index contributed by atoms with van der Waals surface area (Å²) < 4.78 is 15.9. The Hall–Kier alpha value is -3.74. The number of amides is 1. The number of ketones is 1. The zero-order valence-electron chi connectivity index (χ0n) is 17.0. The lowest BCUT2D eigenvalue weighted by Crippen LogP contribution is -2.31. The van der Waals surface area contributed by atoms with Gasteiger partial charge in [-0.25, -0.2) is 9.37 Å². The molecular weight excluding hydrogens is 397 g/mol. The summed E-state index contributed by atoms with van der Waals surface area (Å²) in [5.74, 6) is -2.20. The lowest BCUT2D eigenvalue weighted by Gasteiger charge is -2.25. The number of carbonyl (C=O) groups excluding carboxylic acids is 2. The van der Waals surface area contributed by atoms with E-state index in [1.807, 2.05) is 29.8 Å². The number of likely N-dealkylation sites (tertiary alicyclic amines) is 1. The van der Waals surface area contributed by atoms with Crippen LogP contribution in [-0.2, 0) is 16.1 Å². The van der Waals surface area contributed by atoms with Crippen molar-refractivity contribution in [1.29, 1.82) is 0 Å². The molecule has 1 aliphatic rings. The maximum atomic E-state index is 14.0. The lowest BCUT2D eigenvalue weighted by molar-refractivity contribution is -0.139. The van der Waals surface area contributed by atoms with Gasteiger partial charge in [-0.2, -0.15) is 0 Å². The molecule has 1 N–H and O–H groups in total. The zero-order chi connectivity index (χ0) is 22.0. The van der Waals surface area contributed by atoms with Crippen LogP contribution in [0.3, 0.4) is 0 Å². The Labute approximate surface area is 179 Å². The monoisotopic (exact) mass is 419 g/mol. The number of imidazole rings is 1. The highest BCUT2D eigenvalue weighted by molar-refractivity contribution is 6.46. The SMILES string of the molecule is Cc1ccc(C(O)=C2C(=O)C(=O)N(CCCn3ccnc3)[C@@H]2c2cccc(F)c2)cc1. The Bertz CT molecular complexity index is 1140. The summed E-state index contributed by atoms with van der Waals surface area (Å²) in [4.78, 5) is 31.2. The minimum absolute atomic E-state index is 0.0258. The highest BCUT2D eigenvalue weighted by Crippen LogP contribution is 2.39. The summed E-state index contributed by atoms with van der Waals surface area (Å²) in [5, 5.41) is 11.0. The number of carbonyl (C=O) groups is 2. The van der Waals surface area contributed by atoms with Crippen molar-refractivity contribution in [3.63, 3.8) is 0 Å². The summed E-state index contributed by atoms with van der Waals surface area (Å²) in [6.45, 7) is 2.79. The van der Waals surface area contributed by atoms with E-state index in [-0.39, 0.29) is 17.9 Å². The Morgan fingerprint density at radius 1 is 1.13 bits per heavy atom. The van der Waals surface area contributed by atoms with Crippen molar-refractivity contribution >= 4 is 17.4 Å². The number of aliphatic hydroxyl groups is 1. The number of halogens is 1. The van der Waals surface area contributed by atoms with Crippen molar-refractivity contribution in [2.45, 2.75) is 25.9 Å². The highest BCUT2D eigenvalue weighted by Gasteiger charge is 2.45. The Balaban J connectivity index is 1.73. The Kier molecular flexibility index (Phi) is 5.66. The second-order valence-electron chi connectivity index (χ2n) is 7.57. The summed E-state index contributed by atoms with van der Waals surface area (Å²) in [6.07, 6.45) is 5.73. The molecule has 0 aliphatic carbocycles. The van der Waals surface area contributed by atoms with Crippen LogP contribution in [0.2, 0.25) is 0 Å². The van der Waals surface area contributed by atoms with E-state index in [0.29, 0.717) is 24.1 Å². The van der Waals surface area contributed by atoms with Gasteiger partial charge >= 0.3 is 0 Å². The molecule has 2 heterocycles. The number of aryl methyl sites for hydroxylation is 2. The number of aromatic nitrogens is 2. The molecule has 158 valence electrons. The molecule has 1 atom stereocenters. The van der Waals surface area contributed by atoms with Gasteiger partial charge in [-0.15, -0.1) is 0 Å². The topological polar surface area (TPSA) is 75.4 Å². The molecule has 0 bridgehead atoms. The van der Waals surface area contributed by atoms with E-state index in [1.165, 1.54) is 23.1 Å². The number of hydrogen-bond acceptors (Lipinski definition) is 4. The quantitative estimate of drug-likeness (QED) is 0.374. The number of benzene rings is 2. The number of rotatable bonds is 6. The third-order valence-corrected chi connectivity index (χ3v) is 5.40. The molecule has 6 nitrogen and oxygen atoms in total. The fourth-order valence-corrected chi connectivity index (χ4v) is 3.84. The maximum Gasteiger partial charge on any atom is 0.295 e. The minimum atomic E-state index is -0.861. The first kappa shape index (κ1) is 20.5. The van der Waals surface area contributed by atoms with Crippen LogP contribution < -0.4 is 0 Å². The van der Waals surface area contributed by atoms with Crippen LogP contribution >= 0.6 is 0 Å². The molecule has 0 radical (unpaired) electrons. The molecule has 7 heteroatoms. The molecule has 0 unspecified atom stereocenters. The molecule has 1 aromatic heterocycles. The first-order valence-corrected chi connectivity index (χ1v) is 10.0. The van der Waals surface area contributed by atoms with E-state index in [4.69, 9.17) is 0 Å². The Morgan fingerprint density at radius 2 is 1.90 bits per heavy atom. The second-order valence-corrected chi connectivity index (χ2v) is 7.57. The van der Waals surface area contributed by atoms with E-state index in [1.54, 1.807) is 30.7 Å². The third kappa shape index (κ3) is 4.12. The normalized spacial score (nSPS) is 18.0. The standard InChI is InChI=1S/C24H22FN3O3/c1-16-6-8-17(9-7-16)22(29)20-21(18-4-2-5-19(25)14-18)28(24(31)23(20)30)12-3-11-27-13-10-26-15-27/h2,4-10,13-15,21,29H,3,11-12H2,1H3/t21-/m1/s1. The molecule has 2 aromatic carbocycles. The van der Waals surface area contributed by atoms with E-state index in [9.17, 15) is 19.1 Å². The van der Waals surface area contributed by atoms with Crippen LogP contribution in [0.15, 0.2) is 72.8 Å². The van der Waals surface area contributed by atoms with Crippen molar-refractivity contribution < 1.29 is 19.1 Å². The fraction of sp³-hybridized carbons (Fsp3) is 0.208. The number of hydrogen-bond donors (Lipinski definition) is 1. The predicted octanol–water partition coefficient (Wildman–Crippen LogP) is 3.84. The summed E-state index contributed by atoms with van der Waals surface area (Å²) >= 11 is 0. The van der Waals surface area contributed by atoms with Gasteiger partial charge in [0.1, 0.15) is 11.6 Å². The van der Waals surface area contributed by atoms with Gasteiger partial charge in [0, 0.05) is 31.0 Å². The van der Waals surface area contributed by atoms with Crippen molar-refractivity contribution in [3.05, 3.63) is 95.3 Å². The van der Waals surface area contributed by atoms with Gasteiger partial charge in [0.05, 0.1) is 17.9 Å². The molecule has 0 saturated carbocycles. The number of nitrogens with zero attached hydrogens (tertiary/aromatic N) is 3. The molecule has 1 amide bonds. The Morgan fingerprint density at radius 3 is 2.58 bits per heavy atom. The van der Waals surface area contributed by atoms with Crippen molar-refractivity contribution in [2.24, 2.45) is 0 Å². The molecular formula is C24H22FN3O3. The summed E-state index contributed by atoms with van der Waals surface area (Å²) in [7, 11) is 0. The summed E-state index contributed by atoms with van der Waals surface area (Å²) in [5.41, 5.74) is 1.85. The van der Waals surface area contributed by atoms with Gasteiger partial charge < -0.3 is 14.6 Å². The predicted molar refractivity (Wildman–Crippen MR) is 113 cm³/mol. The second kappa shape index (κ2) is 8.55. The molecule has 31 heavy (non-hydrogen) atoms. The van der Waals surface area contributed by atoms with Gasteiger partial charge in [0.15, 0.2) is 0 Å². The van der Waals surface area contributed by atoms with Gasteiger partial charge in [-0.05, 0) is 31.0 Å². The first-order valence-electron chi connectivity index (χ1n) is 10.0. The van der Waals surface area contributed by atoms with Crippen LogP contribution in [0.5, 0.6) is 0 Å². The van der Waals surface area contributed by atoms with Crippen LogP contribution in [0, 0.1) is 12.7 Å². The molecule has 0 spiro atoms. The highest BCUT2D eigenvalue weighted by atomic mass is 19.1. The van der Waals surface area contributed by atoms with E-state index < -0.39 is 23.5 Å². The largest absolute Gasteiger partial charge is 0.507 e. The molecule has 3 aromatic rings. The summed E-state index contributed by atoms with van der Waals surface area (Å²) in [6, 6.07) is 11.9. The van der Waals surface area contributed by atoms with Gasteiger partial charge in [0.2, 0.25) is 0 Å². The van der Waals surface area contributed by atoms with E-state index >= 15 is 0 Å². The average Bonchev–Trinajstić information content (AvgIpc) is 3.36. The van der Waals surface area contributed by atoms with Crippen molar-refractivity contribution in [3.8, 4) is 0 Å². The molecule has 4 rings (SSSR count). The smallest absolute Gasteiger partial charge is 0.295 e. The van der Waals surface area contributed by atoms with Crippen LogP contribution in [-0.4, -0.2) is 37.8 Å². The maximum absolute atomic E-state index is 14.0. The number of aliphatic hydroxyl groups excluding tert-OH is 1. The molecule has 1 fully saturated rings. The number of Topliss-reactive ketones (excluding diaryl/α,β-unsaturated/α-hetero) is 1. The van der Waals surface area contributed by atoms with Crippen molar-refractivity contribution in [1.82, 2.24) is 14.5 Å². The average molecular weight is 419 g/mol. The fourth-order valence-electron chi connectivity index (χ4n) is 3.84. The van der Waals surface area contributed by atoms with Crippen LogP contribution in [0.1, 0.15) is 29.2 Å². The lowest BCUT2D eigenvalue weighted by atomic mass is 9.95. The third-order valence-electron chi connectivity index (χ3n) is 5.40. The van der Waals surface area contributed by atoms with Gasteiger partial charge in [-0.1, -0.05) is 42.0 Å². The zero-order valence-corrected chi connectivity index (χ0v) is 17.0. The molecule has 1 saturated heterocycles. The van der Waals surface area contributed by atoms with Crippen molar-refractivity contribution in [2.75, 3.05) is 6.54 Å². The van der Waals surface area contributed by atoms with E-state index in [0.717, 1.165) is 5.56 Å².